The average Bonchev–Trinajstić information content (AvgIpc) is 2.59. The summed E-state index contributed by atoms with van der Waals surface area (Å²) in [4.78, 5) is 23.4. The first-order valence-corrected chi connectivity index (χ1v) is 8.12. The van der Waals surface area contributed by atoms with E-state index in [-0.39, 0.29) is 13.2 Å². The van der Waals surface area contributed by atoms with Crippen LogP contribution in [-0.2, 0) is 19.1 Å². The van der Waals surface area contributed by atoms with E-state index in [0.717, 1.165) is 5.56 Å². The van der Waals surface area contributed by atoms with Crippen LogP contribution in [0.3, 0.4) is 0 Å². The third-order valence-corrected chi connectivity index (χ3v) is 3.78. The van der Waals surface area contributed by atoms with E-state index in [4.69, 9.17) is 21.7 Å². The van der Waals surface area contributed by atoms with Crippen LogP contribution >= 0.6 is 12.2 Å². The molecule has 1 aliphatic rings. The summed E-state index contributed by atoms with van der Waals surface area (Å²) in [5.41, 5.74) is 1.94. The molecule has 1 aliphatic heterocycles. The smallest absolute Gasteiger partial charge is 0.343 e. The maximum atomic E-state index is 12.3. The van der Waals surface area contributed by atoms with Gasteiger partial charge in [0.2, 0.25) is 0 Å². The molecule has 1 aromatic rings. The molecule has 0 aromatic heterocycles. The molecule has 2 rings (SSSR count). The van der Waals surface area contributed by atoms with Crippen LogP contribution in [0.4, 0.5) is 0 Å². The molecule has 1 atom stereocenters. The highest BCUT2D eigenvalue weighted by molar-refractivity contribution is 7.80. The second-order valence-corrected chi connectivity index (χ2v) is 5.63. The number of methoxy groups -OCH3 is 1. The molecule has 8 heteroatoms. The highest BCUT2D eigenvalue weighted by Gasteiger charge is 2.30. The molecule has 1 aromatic carbocycles. The Morgan fingerprint density at radius 3 is 2.52 bits per heavy atom. The van der Waals surface area contributed by atoms with Crippen LogP contribution in [0.1, 0.15) is 25.5 Å². The second kappa shape index (κ2) is 8.48. The lowest BCUT2D eigenvalue weighted by Crippen LogP contribution is -2.45. The third kappa shape index (κ3) is 4.69. The Morgan fingerprint density at radius 1 is 1.24 bits per heavy atom. The number of benzene rings is 1. The topological polar surface area (TPSA) is 85.9 Å². The second-order valence-electron chi connectivity index (χ2n) is 5.22. The van der Waals surface area contributed by atoms with Crippen molar-refractivity contribution in [3.63, 3.8) is 0 Å². The standard InChI is InChI=1S/C17H20N2O5S/c1-4-23-16(21)14-10(2)18-17(25)19-15(14)11-5-7-12(8-6-11)24-9-13(20)22-3/h5-8,15H,4,9H2,1-3H3,(H2,18,19,25)/t15-/m0/s1. The van der Waals surface area contributed by atoms with Crippen LogP contribution in [0.2, 0.25) is 0 Å². The summed E-state index contributed by atoms with van der Waals surface area (Å²) < 4.78 is 15.0. The highest BCUT2D eigenvalue weighted by Crippen LogP contribution is 2.28. The van der Waals surface area contributed by atoms with Gasteiger partial charge in [-0.05, 0) is 43.8 Å². The van der Waals surface area contributed by atoms with Gasteiger partial charge in [0, 0.05) is 5.70 Å². The molecule has 0 fully saturated rings. The summed E-state index contributed by atoms with van der Waals surface area (Å²) in [6.45, 7) is 3.65. The van der Waals surface area contributed by atoms with Gasteiger partial charge in [-0.2, -0.15) is 0 Å². The van der Waals surface area contributed by atoms with E-state index in [1.54, 1.807) is 38.1 Å². The van der Waals surface area contributed by atoms with Gasteiger partial charge in [0.1, 0.15) is 5.75 Å². The lowest BCUT2D eigenvalue weighted by Gasteiger charge is -2.29. The zero-order valence-electron chi connectivity index (χ0n) is 14.3. The minimum Gasteiger partial charge on any atom is -0.482 e. The van der Waals surface area contributed by atoms with Gasteiger partial charge >= 0.3 is 11.9 Å². The van der Waals surface area contributed by atoms with Crippen molar-refractivity contribution in [3.8, 4) is 5.75 Å². The van der Waals surface area contributed by atoms with Gasteiger partial charge in [0.15, 0.2) is 11.7 Å². The predicted molar refractivity (Wildman–Crippen MR) is 94.9 cm³/mol. The SMILES string of the molecule is CCOC(=O)C1=C(C)NC(=S)N[C@H]1c1ccc(OCC(=O)OC)cc1. The lowest BCUT2D eigenvalue weighted by atomic mass is 9.95. The molecule has 0 saturated heterocycles. The van der Waals surface area contributed by atoms with Crippen LogP contribution in [0, 0.1) is 0 Å². The maximum Gasteiger partial charge on any atom is 0.343 e. The van der Waals surface area contributed by atoms with Crippen molar-refractivity contribution in [2.75, 3.05) is 20.3 Å². The molecular formula is C17H20N2O5S. The lowest BCUT2D eigenvalue weighted by molar-refractivity contribution is -0.143. The summed E-state index contributed by atoms with van der Waals surface area (Å²) >= 11 is 5.19. The zero-order valence-corrected chi connectivity index (χ0v) is 15.1. The van der Waals surface area contributed by atoms with E-state index >= 15 is 0 Å². The number of rotatable bonds is 6. The van der Waals surface area contributed by atoms with Gasteiger partial charge < -0.3 is 24.8 Å². The quantitative estimate of drug-likeness (QED) is 0.581. The Balaban J connectivity index is 2.22. The number of carbonyl (C=O) groups is 2. The van der Waals surface area contributed by atoms with Gasteiger partial charge in [-0.1, -0.05) is 12.1 Å². The van der Waals surface area contributed by atoms with E-state index < -0.39 is 18.0 Å². The van der Waals surface area contributed by atoms with Crippen LogP contribution in [0.25, 0.3) is 0 Å². The molecule has 1 heterocycles. The fourth-order valence-electron chi connectivity index (χ4n) is 2.38. The van der Waals surface area contributed by atoms with Crippen molar-refractivity contribution in [3.05, 3.63) is 41.1 Å². The number of hydrogen-bond donors (Lipinski definition) is 2. The average molecular weight is 364 g/mol. The van der Waals surface area contributed by atoms with Crippen LogP contribution in [-0.4, -0.2) is 37.4 Å². The number of allylic oxidation sites excluding steroid dienone is 1. The number of nitrogens with one attached hydrogen (secondary N) is 2. The number of hydrogen-bond acceptors (Lipinski definition) is 6. The van der Waals surface area contributed by atoms with Gasteiger partial charge in [-0.15, -0.1) is 0 Å². The number of ether oxygens (including phenoxy) is 3. The van der Waals surface area contributed by atoms with E-state index in [1.807, 2.05) is 0 Å². The van der Waals surface area contributed by atoms with Crippen molar-refractivity contribution in [2.24, 2.45) is 0 Å². The fraction of sp³-hybridized carbons (Fsp3) is 0.353. The molecule has 0 spiro atoms. The van der Waals surface area contributed by atoms with Gasteiger partial charge in [-0.3, -0.25) is 0 Å². The highest BCUT2D eigenvalue weighted by atomic mass is 32.1. The van der Waals surface area contributed by atoms with Crippen LogP contribution in [0.15, 0.2) is 35.5 Å². The number of carbonyl (C=O) groups excluding carboxylic acids is 2. The van der Waals surface area contributed by atoms with Crippen molar-refractivity contribution in [1.29, 1.82) is 0 Å². The summed E-state index contributed by atoms with van der Waals surface area (Å²) in [5, 5.41) is 6.45. The molecule has 0 aliphatic carbocycles. The summed E-state index contributed by atoms with van der Waals surface area (Å²) in [7, 11) is 1.30. The van der Waals surface area contributed by atoms with Gasteiger partial charge in [-0.25, -0.2) is 9.59 Å². The molecule has 7 nitrogen and oxygen atoms in total. The molecule has 0 bridgehead atoms. The summed E-state index contributed by atoms with van der Waals surface area (Å²) in [6, 6.07) is 6.59. The molecule has 2 N–H and O–H groups in total. The Kier molecular flexibility index (Phi) is 6.35. The normalized spacial score (nSPS) is 16.6. The van der Waals surface area contributed by atoms with E-state index in [9.17, 15) is 9.59 Å². The third-order valence-electron chi connectivity index (χ3n) is 3.56. The fourth-order valence-corrected chi connectivity index (χ4v) is 2.65. The van der Waals surface area contributed by atoms with E-state index in [1.165, 1.54) is 7.11 Å². The monoisotopic (exact) mass is 364 g/mol. The number of esters is 2. The molecule has 0 amide bonds. The van der Waals surface area contributed by atoms with E-state index in [0.29, 0.717) is 22.1 Å². The first-order valence-electron chi connectivity index (χ1n) is 7.71. The van der Waals surface area contributed by atoms with Crippen molar-refractivity contribution in [1.82, 2.24) is 10.6 Å². The minimum absolute atomic E-state index is 0.168. The predicted octanol–water partition coefficient (Wildman–Crippen LogP) is 1.59. The van der Waals surface area contributed by atoms with Gasteiger partial charge in [0.05, 0.1) is 25.3 Å². The molecule has 0 radical (unpaired) electrons. The summed E-state index contributed by atoms with van der Waals surface area (Å²) in [5.74, 6) is -0.347. The molecule has 0 unspecified atom stereocenters. The van der Waals surface area contributed by atoms with Crippen molar-refractivity contribution < 1.29 is 23.8 Å². The number of thiocarbonyl (C=S) groups is 1. The van der Waals surface area contributed by atoms with E-state index in [2.05, 4.69) is 15.4 Å². The van der Waals surface area contributed by atoms with Gasteiger partial charge in [0.25, 0.3) is 0 Å². The zero-order chi connectivity index (χ0) is 18.4. The Labute approximate surface area is 151 Å². The van der Waals surface area contributed by atoms with Crippen LogP contribution in [0.5, 0.6) is 5.75 Å². The molecule has 25 heavy (non-hydrogen) atoms. The van der Waals surface area contributed by atoms with Crippen molar-refractivity contribution in [2.45, 2.75) is 19.9 Å². The molecule has 134 valence electrons. The Morgan fingerprint density at radius 2 is 1.92 bits per heavy atom. The first kappa shape index (κ1) is 18.7. The molecule has 0 saturated carbocycles. The molecular weight excluding hydrogens is 344 g/mol. The maximum absolute atomic E-state index is 12.3. The Bertz CT molecular complexity index is 699. The largest absolute Gasteiger partial charge is 0.482 e. The van der Waals surface area contributed by atoms with Crippen LogP contribution < -0.4 is 15.4 Å². The minimum atomic E-state index is -0.461. The Hall–Kier alpha value is -2.61. The summed E-state index contributed by atoms with van der Waals surface area (Å²) in [6.07, 6.45) is 0. The van der Waals surface area contributed by atoms with Crippen molar-refractivity contribution >= 4 is 29.3 Å². The first-order chi connectivity index (χ1) is 12.0.